The van der Waals surface area contributed by atoms with Gasteiger partial charge < -0.3 is 10.2 Å². The summed E-state index contributed by atoms with van der Waals surface area (Å²) in [6.45, 7) is 6.14. The van der Waals surface area contributed by atoms with E-state index in [1.165, 1.54) is 29.2 Å². The van der Waals surface area contributed by atoms with Crippen LogP contribution in [0.5, 0.6) is 0 Å². The summed E-state index contributed by atoms with van der Waals surface area (Å²) in [6, 6.07) is 15.3. The number of nitrogens with one attached hydrogen (secondary N) is 1. The predicted octanol–water partition coefficient (Wildman–Crippen LogP) is 6.19. The number of carbonyl (C=O) groups is 2. The van der Waals surface area contributed by atoms with Gasteiger partial charge in [0.15, 0.2) is 0 Å². The largest absolute Gasteiger partial charge is 0.416 e. The summed E-state index contributed by atoms with van der Waals surface area (Å²) in [7, 11) is -4.59. The summed E-state index contributed by atoms with van der Waals surface area (Å²) in [5.41, 5.74) is -0.0957. The lowest BCUT2D eigenvalue weighted by atomic mass is 10.1. The number of halogens is 4. The van der Waals surface area contributed by atoms with Gasteiger partial charge in [-0.2, -0.15) is 13.2 Å². The van der Waals surface area contributed by atoms with Crippen molar-refractivity contribution >= 4 is 39.1 Å². The molecule has 0 aliphatic carbocycles. The Hall–Kier alpha value is -3.57. The Morgan fingerprint density at radius 3 is 2.17 bits per heavy atom. The maximum absolute atomic E-state index is 14.1. The highest BCUT2D eigenvalue weighted by Crippen LogP contribution is 2.37. The predicted molar refractivity (Wildman–Crippen MR) is 157 cm³/mol. The lowest BCUT2D eigenvalue weighted by Gasteiger charge is -2.34. The van der Waals surface area contributed by atoms with Gasteiger partial charge in [-0.05, 0) is 68.7 Å². The molecule has 3 aromatic carbocycles. The van der Waals surface area contributed by atoms with E-state index in [4.69, 9.17) is 11.6 Å². The van der Waals surface area contributed by atoms with Gasteiger partial charge in [0.1, 0.15) is 12.6 Å². The molecule has 3 rings (SSSR count). The molecule has 0 fully saturated rings. The van der Waals surface area contributed by atoms with Crippen molar-refractivity contribution in [1.82, 2.24) is 10.2 Å². The third kappa shape index (κ3) is 7.83. The van der Waals surface area contributed by atoms with Crippen molar-refractivity contribution in [2.45, 2.75) is 63.8 Å². The molecule has 0 aliphatic rings. The van der Waals surface area contributed by atoms with E-state index >= 15 is 0 Å². The van der Waals surface area contributed by atoms with Crippen LogP contribution in [0.2, 0.25) is 5.02 Å². The molecule has 226 valence electrons. The van der Waals surface area contributed by atoms with Gasteiger partial charge in [-0.3, -0.25) is 13.9 Å². The summed E-state index contributed by atoms with van der Waals surface area (Å²) < 4.78 is 69.3. The van der Waals surface area contributed by atoms with Gasteiger partial charge >= 0.3 is 6.18 Å². The van der Waals surface area contributed by atoms with Gasteiger partial charge in [-0.25, -0.2) is 8.42 Å². The third-order valence-electron chi connectivity index (χ3n) is 6.57. The molecule has 0 spiro atoms. The Labute approximate surface area is 249 Å². The van der Waals surface area contributed by atoms with Crippen LogP contribution in [0.1, 0.15) is 43.9 Å². The van der Waals surface area contributed by atoms with Crippen LogP contribution in [0.15, 0.2) is 77.7 Å². The molecule has 0 saturated carbocycles. The second-order valence-corrected chi connectivity index (χ2v) is 12.3. The number of benzene rings is 3. The average Bonchev–Trinajstić information content (AvgIpc) is 2.92. The minimum Gasteiger partial charge on any atom is -0.352 e. The van der Waals surface area contributed by atoms with Crippen molar-refractivity contribution < 1.29 is 31.2 Å². The first-order valence-electron chi connectivity index (χ1n) is 13.3. The molecule has 42 heavy (non-hydrogen) atoms. The van der Waals surface area contributed by atoms with Gasteiger partial charge in [-0.15, -0.1) is 0 Å². The lowest BCUT2D eigenvalue weighted by molar-refractivity contribution is -0.140. The zero-order chi connectivity index (χ0) is 31.2. The van der Waals surface area contributed by atoms with E-state index in [1.54, 1.807) is 39.0 Å². The summed E-state index contributed by atoms with van der Waals surface area (Å²) in [4.78, 5) is 28.3. The molecule has 2 amide bonds. The van der Waals surface area contributed by atoms with Crippen LogP contribution < -0.4 is 9.62 Å². The van der Waals surface area contributed by atoms with E-state index < -0.39 is 51.9 Å². The van der Waals surface area contributed by atoms with Crippen LogP contribution in [0, 0.1) is 6.92 Å². The minimum absolute atomic E-state index is 0.0366. The number of sulfonamides is 1. The maximum atomic E-state index is 14.1. The number of aryl methyl sites for hydroxylation is 1. The average molecular weight is 624 g/mol. The molecular formula is C30H33ClF3N3O4S. The van der Waals surface area contributed by atoms with E-state index in [-0.39, 0.29) is 28.9 Å². The maximum Gasteiger partial charge on any atom is 0.416 e. The van der Waals surface area contributed by atoms with Gasteiger partial charge in [0, 0.05) is 12.6 Å². The first kappa shape index (κ1) is 32.9. The highest BCUT2D eigenvalue weighted by atomic mass is 35.5. The molecule has 0 heterocycles. The van der Waals surface area contributed by atoms with Crippen molar-refractivity contribution in [3.8, 4) is 0 Å². The molecule has 1 N–H and O–H groups in total. The highest BCUT2D eigenvalue weighted by Gasteiger charge is 2.37. The van der Waals surface area contributed by atoms with Crippen molar-refractivity contribution in [3.63, 3.8) is 0 Å². The SMILES string of the molecule is CC[C@H](C(=O)NC(C)C)N(Cc1ccccc1C)C(=O)CN(c1cc(C(F)(F)F)ccc1Cl)S(=O)(=O)c1ccccc1. The number of alkyl halides is 3. The lowest BCUT2D eigenvalue weighted by Crippen LogP contribution is -2.53. The van der Waals surface area contributed by atoms with Gasteiger partial charge in [0.05, 0.1) is 21.2 Å². The molecule has 0 bridgehead atoms. The topological polar surface area (TPSA) is 86.8 Å². The quantitative estimate of drug-likeness (QED) is 0.276. The molecule has 12 heteroatoms. The fourth-order valence-corrected chi connectivity index (χ4v) is 6.10. The Morgan fingerprint density at radius 1 is 0.976 bits per heavy atom. The first-order valence-corrected chi connectivity index (χ1v) is 15.1. The number of nitrogens with zero attached hydrogens (tertiary/aromatic N) is 2. The fraction of sp³-hybridized carbons (Fsp3) is 0.333. The van der Waals surface area contributed by atoms with Gasteiger partial charge in [0.25, 0.3) is 10.0 Å². The van der Waals surface area contributed by atoms with Crippen LogP contribution in [0.3, 0.4) is 0 Å². The van der Waals surface area contributed by atoms with Crippen LogP contribution in [0.4, 0.5) is 18.9 Å². The minimum atomic E-state index is -4.80. The van der Waals surface area contributed by atoms with E-state index in [0.717, 1.165) is 23.3 Å². The van der Waals surface area contributed by atoms with Crippen LogP contribution in [-0.4, -0.2) is 43.8 Å². The Balaban J connectivity index is 2.17. The first-order chi connectivity index (χ1) is 19.7. The van der Waals surface area contributed by atoms with Gasteiger partial charge in [0.2, 0.25) is 11.8 Å². The van der Waals surface area contributed by atoms with Crippen molar-refractivity contribution in [2.24, 2.45) is 0 Å². The number of hydrogen-bond acceptors (Lipinski definition) is 4. The van der Waals surface area contributed by atoms with Crippen LogP contribution in [-0.2, 0) is 32.3 Å². The number of anilines is 1. The molecule has 0 aromatic heterocycles. The Bertz CT molecular complexity index is 1520. The van der Waals surface area contributed by atoms with Crippen molar-refractivity contribution in [2.75, 3.05) is 10.8 Å². The van der Waals surface area contributed by atoms with Gasteiger partial charge in [-0.1, -0.05) is 61.0 Å². The standard InChI is InChI=1S/C30H33ClF3N3O4S/c1-5-26(29(39)35-20(2)3)36(18-22-12-10-9-11-21(22)4)28(38)19-37(42(40,41)24-13-7-6-8-14-24)27-17-23(30(32,33)34)15-16-25(27)31/h6-17,20,26H,5,18-19H2,1-4H3,(H,35,39)/t26-/m1/s1. The molecular weight excluding hydrogens is 591 g/mol. The van der Waals surface area contributed by atoms with E-state index in [1.807, 2.05) is 19.1 Å². The van der Waals surface area contributed by atoms with E-state index in [2.05, 4.69) is 5.32 Å². The smallest absolute Gasteiger partial charge is 0.352 e. The number of hydrogen-bond donors (Lipinski definition) is 1. The molecule has 3 aromatic rings. The second kappa shape index (κ2) is 13.6. The number of rotatable bonds is 11. The zero-order valence-corrected chi connectivity index (χ0v) is 25.2. The van der Waals surface area contributed by atoms with Crippen molar-refractivity contribution in [3.05, 3.63) is 94.5 Å². The molecule has 0 unspecified atom stereocenters. The Kier molecular flexibility index (Phi) is 10.7. The summed E-state index contributed by atoms with van der Waals surface area (Å²) in [6.07, 6.45) is -4.60. The zero-order valence-electron chi connectivity index (χ0n) is 23.7. The van der Waals surface area contributed by atoms with Crippen LogP contribution >= 0.6 is 11.6 Å². The number of amides is 2. The molecule has 0 aliphatic heterocycles. The van der Waals surface area contributed by atoms with E-state index in [0.29, 0.717) is 10.4 Å². The highest BCUT2D eigenvalue weighted by molar-refractivity contribution is 7.92. The monoisotopic (exact) mass is 623 g/mol. The Morgan fingerprint density at radius 2 is 1.60 bits per heavy atom. The molecule has 0 radical (unpaired) electrons. The summed E-state index contributed by atoms with van der Waals surface area (Å²) in [5, 5.41) is 2.49. The molecule has 1 atom stereocenters. The normalized spacial score (nSPS) is 12.6. The second-order valence-electron chi connectivity index (χ2n) is 10.0. The van der Waals surface area contributed by atoms with Crippen molar-refractivity contribution in [1.29, 1.82) is 0 Å². The summed E-state index contributed by atoms with van der Waals surface area (Å²) in [5.74, 6) is -1.24. The van der Waals surface area contributed by atoms with E-state index in [9.17, 15) is 31.2 Å². The molecule has 7 nitrogen and oxygen atoms in total. The fourth-order valence-electron chi connectivity index (χ4n) is 4.38. The molecule has 0 saturated heterocycles. The third-order valence-corrected chi connectivity index (χ3v) is 8.66. The summed E-state index contributed by atoms with van der Waals surface area (Å²) >= 11 is 6.28. The van der Waals surface area contributed by atoms with Crippen LogP contribution in [0.25, 0.3) is 0 Å². The number of carbonyl (C=O) groups excluding carboxylic acids is 2.